The van der Waals surface area contributed by atoms with E-state index in [1.54, 1.807) is 0 Å². The molecule has 1 aromatic carbocycles. The number of sulfonamides is 1. The predicted molar refractivity (Wildman–Crippen MR) is 67.8 cm³/mol. The number of halogens is 1. The first-order valence-electron chi connectivity index (χ1n) is 5.84. The third-order valence-electron chi connectivity index (χ3n) is 2.68. The van der Waals surface area contributed by atoms with Crippen LogP contribution in [-0.4, -0.2) is 30.4 Å². The van der Waals surface area contributed by atoms with Crippen LogP contribution in [0.4, 0.5) is 4.39 Å². The Morgan fingerprint density at radius 3 is 2.57 bits per heavy atom. The number of aromatic amines is 1. The number of carboxylic acid groups (broad SMARTS) is 1. The highest BCUT2D eigenvalue weighted by Crippen LogP contribution is 2.11. The molecule has 2 rings (SSSR count). The molecule has 0 unspecified atom stereocenters. The quantitative estimate of drug-likeness (QED) is 0.724. The fourth-order valence-corrected chi connectivity index (χ4v) is 2.84. The standard InChI is InChI=1S/C12H12FN3O4S/c13-8-1-3-10(4-2-8)21(19,20)16-11(12(17)18)5-9-6-14-7-15-9/h1-4,6-7,11,16H,5H2,(H,14,15)(H,17,18)/p-1/t11-/m0/s1. The maximum Gasteiger partial charge on any atom is 0.241 e. The zero-order valence-electron chi connectivity index (χ0n) is 10.6. The Labute approximate surface area is 119 Å². The molecule has 0 aliphatic rings. The van der Waals surface area contributed by atoms with E-state index in [0.29, 0.717) is 5.69 Å². The molecule has 1 aromatic heterocycles. The predicted octanol–water partition coefficient (Wildman–Crippen LogP) is -0.812. The molecule has 1 heterocycles. The summed E-state index contributed by atoms with van der Waals surface area (Å²) in [4.78, 5) is 17.2. The Balaban J connectivity index is 2.19. The van der Waals surface area contributed by atoms with E-state index >= 15 is 0 Å². The van der Waals surface area contributed by atoms with Crippen LogP contribution in [0.2, 0.25) is 0 Å². The lowest BCUT2D eigenvalue weighted by atomic mass is 10.2. The number of hydrogen-bond acceptors (Lipinski definition) is 5. The van der Waals surface area contributed by atoms with Crippen molar-refractivity contribution in [1.29, 1.82) is 0 Å². The van der Waals surface area contributed by atoms with Gasteiger partial charge in [0.25, 0.3) is 0 Å². The summed E-state index contributed by atoms with van der Waals surface area (Å²) in [6, 6.07) is 2.55. The van der Waals surface area contributed by atoms with Crippen LogP contribution < -0.4 is 9.83 Å². The SMILES string of the molecule is O=C([O-])[C@H](Cc1cnc[nH]1)NS(=O)(=O)c1ccc(F)cc1. The normalized spacial score (nSPS) is 13.0. The highest BCUT2D eigenvalue weighted by molar-refractivity contribution is 7.89. The lowest BCUT2D eigenvalue weighted by Gasteiger charge is -2.19. The van der Waals surface area contributed by atoms with E-state index in [4.69, 9.17) is 0 Å². The van der Waals surface area contributed by atoms with Gasteiger partial charge in [0.1, 0.15) is 5.82 Å². The third kappa shape index (κ3) is 3.86. The number of nitrogens with one attached hydrogen (secondary N) is 2. The van der Waals surface area contributed by atoms with E-state index < -0.39 is 27.9 Å². The van der Waals surface area contributed by atoms with Gasteiger partial charge in [-0.3, -0.25) is 0 Å². The molecule has 0 saturated carbocycles. The van der Waals surface area contributed by atoms with Crippen LogP contribution in [0.3, 0.4) is 0 Å². The third-order valence-corrected chi connectivity index (χ3v) is 4.17. The number of carbonyl (C=O) groups excluding carboxylic acids is 1. The lowest BCUT2D eigenvalue weighted by molar-refractivity contribution is -0.307. The molecule has 0 spiro atoms. The summed E-state index contributed by atoms with van der Waals surface area (Å²) in [5.74, 6) is -2.17. The highest BCUT2D eigenvalue weighted by Gasteiger charge is 2.21. The number of nitrogens with zero attached hydrogens (tertiary/aromatic N) is 1. The summed E-state index contributed by atoms with van der Waals surface area (Å²) in [5, 5.41) is 11.1. The van der Waals surface area contributed by atoms with E-state index in [0.717, 1.165) is 24.3 Å². The van der Waals surface area contributed by atoms with Crippen molar-refractivity contribution in [3.8, 4) is 0 Å². The minimum atomic E-state index is -4.10. The number of hydrogen-bond donors (Lipinski definition) is 2. The van der Waals surface area contributed by atoms with Gasteiger partial charge in [-0.05, 0) is 24.3 Å². The zero-order valence-corrected chi connectivity index (χ0v) is 11.4. The molecule has 0 aliphatic carbocycles. The molecule has 0 amide bonds. The van der Waals surface area contributed by atoms with Gasteiger partial charge in [0.15, 0.2) is 0 Å². The highest BCUT2D eigenvalue weighted by atomic mass is 32.2. The first-order chi connectivity index (χ1) is 9.88. The summed E-state index contributed by atoms with van der Waals surface area (Å²) < 4.78 is 38.9. The zero-order chi connectivity index (χ0) is 15.5. The average Bonchev–Trinajstić information content (AvgIpc) is 2.91. The van der Waals surface area contributed by atoms with Crippen LogP contribution in [-0.2, 0) is 21.2 Å². The second-order valence-electron chi connectivity index (χ2n) is 4.23. The summed E-state index contributed by atoms with van der Waals surface area (Å²) in [6.45, 7) is 0. The number of imidazole rings is 1. The van der Waals surface area contributed by atoms with Crippen molar-refractivity contribution in [1.82, 2.24) is 14.7 Å². The molecule has 2 N–H and O–H groups in total. The largest absolute Gasteiger partial charge is 0.548 e. The molecule has 21 heavy (non-hydrogen) atoms. The molecule has 2 aromatic rings. The smallest absolute Gasteiger partial charge is 0.241 e. The van der Waals surface area contributed by atoms with Crippen molar-refractivity contribution >= 4 is 16.0 Å². The second-order valence-corrected chi connectivity index (χ2v) is 5.94. The first-order valence-corrected chi connectivity index (χ1v) is 7.33. The number of benzene rings is 1. The van der Waals surface area contributed by atoms with Crippen LogP contribution in [0, 0.1) is 5.82 Å². The van der Waals surface area contributed by atoms with Crippen molar-refractivity contribution in [2.24, 2.45) is 0 Å². The van der Waals surface area contributed by atoms with Crippen molar-refractivity contribution < 1.29 is 22.7 Å². The van der Waals surface area contributed by atoms with Gasteiger partial charge in [-0.25, -0.2) is 22.5 Å². The van der Waals surface area contributed by atoms with E-state index in [1.807, 2.05) is 4.72 Å². The maximum absolute atomic E-state index is 12.8. The van der Waals surface area contributed by atoms with Gasteiger partial charge in [0, 0.05) is 18.3 Å². The monoisotopic (exact) mass is 312 g/mol. The maximum atomic E-state index is 12.8. The van der Waals surface area contributed by atoms with Gasteiger partial charge < -0.3 is 14.9 Å². The number of aliphatic carboxylic acids is 1. The summed E-state index contributed by atoms with van der Waals surface area (Å²) >= 11 is 0. The van der Waals surface area contributed by atoms with Gasteiger partial charge in [0.2, 0.25) is 10.0 Å². The van der Waals surface area contributed by atoms with Crippen LogP contribution in [0.1, 0.15) is 5.69 Å². The fourth-order valence-electron chi connectivity index (χ4n) is 1.66. The molecule has 112 valence electrons. The minimum Gasteiger partial charge on any atom is -0.548 e. The molecule has 0 fully saturated rings. The Morgan fingerprint density at radius 2 is 2.05 bits per heavy atom. The van der Waals surface area contributed by atoms with Crippen molar-refractivity contribution in [2.45, 2.75) is 17.4 Å². The van der Waals surface area contributed by atoms with Gasteiger partial charge in [0.05, 0.1) is 23.2 Å². The average molecular weight is 312 g/mol. The van der Waals surface area contributed by atoms with Gasteiger partial charge in [-0.1, -0.05) is 0 Å². The number of carbonyl (C=O) groups is 1. The summed E-state index contributed by atoms with van der Waals surface area (Å²) in [6.07, 6.45) is 2.57. The Morgan fingerprint density at radius 1 is 1.38 bits per heavy atom. The molecule has 0 aliphatic heterocycles. The van der Waals surface area contributed by atoms with Crippen LogP contribution in [0.5, 0.6) is 0 Å². The molecular formula is C12H11FN3O4S-. The molecule has 0 bridgehead atoms. The number of H-pyrrole nitrogens is 1. The van der Waals surface area contributed by atoms with Crippen LogP contribution in [0.15, 0.2) is 41.7 Å². The number of aromatic nitrogens is 2. The van der Waals surface area contributed by atoms with Crippen LogP contribution >= 0.6 is 0 Å². The molecular weight excluding hydrogens is 301 g/mol. The molecule has 9 heteroatoms. The molecule has 0 radical (unpaired) electrons. The van der Waals surface area contributed by atoms with E-state index in [1.165, 1.54) is 12.5 Å². The molecule has 1 atom stereocenters. The van der Waals surface area contributed by atoms with Crippen LogP contribution in [0.25, 0.3) is 0 Å². The lowest BCUT2D eigenvalue weighted by Crippen LogP contribution is -2.49. The molecule has 7 nitrogen and oxygen atoms in total. The Kier molecular flexibility index (Phi) is 4.34. The fraction of sp³-hybridized carbons (Fsp3) is 0.167. The number of carboxylic acids is 1. The van der Waals surface area contributed by atoms with Gasteiger partial charge in [-0.2, -0.15) is 0 Å². The first kappa shape index (κ1) is 15.1. The van der Waals surface area contributed by atoms with Crippen molar-refractivity contribution in [2.75, 3.05) is 0 Å². The summed E-state index contributed by atoms with van der Waals surface area (Å²) in [7, 11) is -4.10. The molecule has 0 saturated heterocycles. The second kappa shape index (κ2) is 6.02. The van der Waals surface area contributed by atoms with E-state index in [2.05, 4.69) is 9.97 Å². The van der Waals surface area contributed by atoms with Crippen molar-refractivity contribution in [3.63, 3.8) is 0 Å². The number of rotatable bonds is 6. The Hall–Kier alpha value is -2.26. The van der Waals surface area contributed by atoms with Gasteiger partial charge in [-0.15, -0.1) is 0 Å². The van der Waals surface area contributed by atoms with Gasteiger partial charge >= 0.3 is 0 Å². The topological polar surface area (TPSA) is 115 Å². The summed E-state index contributed by atoms with van der Waals surface area (Å²) in [5.41, 5.74) is 0.436. The van der Waals surface area contributed by atoms with E-state index in [-0.39, 0.29) is 11.3 Å². The Bertz CT molecular complexity index is 713. The minimum absolute atomic E-state index is 0.150. The van der Waals surface area contributed by atoms with Crippen molar-refractivity contribution in [3.05, 3.63) is 48.3 Å². The van der Waals surface area contributed by atoms with E-state index in [9.17, 15) is 22.7 Å².